The molecule has 0 unspecified atom stereocenters. The van der Waals surface area contributed by atoms with Crippen LogP contribution in [0.5, 0.6) is 0 Å². The van der Waals surface area contributed by atoms with E-state index in [0.717, 1.165) is 54.8 Å². The summed E-state index contributed by atoms with van der Waals surface area (Å²) in [5, 5.41) is 6.67. The fourth-order valence-corrected chi connectivity index (χ4v) is 2.58. The fourth-order valence-electron chi connectivity index (χ4n) is 2.58. The van der Waals surface area contributed by atoms with Crippen LogP contribution in [0.15, 0.2) is 36.7 Å². The van der Waals surface area contributed by atoms with Crippen LogP contribution in [0.1, 0.15) is 0 Å². The first-order chi connectivity index (χ1) is 10.9. The summed E-state index contributed by atoms with van der Waals surface area (Å²) in [6.07, 6.45) is 1.65. The molecule has 7 nitrogen and oxygen atoms in total. The van der Waals surface area contributed by atoms with Crippen LogP contribution in [0.4, 0.5) is 17.5 Å². The van der Waals surface area contributed by atoms with E-state index < -0.39 is 0 Å². The number of para-hydroxylation sites is 1. The van der Waals surface area contributed by atoms with E-state index in [2.05, 4.69) is 35.5 Å². The highest BCUT2D eigenvalue weighted by Gasteiger charge is 2.17. The number of benzene rings is 1. The van der Waals surface area contributed by atoms with Crippen molar-refractivity contribution in [2.45, 2.75) is 0 Å². The third-order valence-corrected chi connectivity index (χ3v) is 3.70. The first-order valence-electron chi connectivity index (χ1n) is 7.39. The Morgan fingerprint density at radius 3 is 2.68 bits per heavy atom. The SMILES string of the molecule is c1ccc(Nc2nc(N3CCNCC3)nc3[nH]cnc23)cc1. The van der Waals surface area contributed by atoms with Gasteiger partial charge in [-0.3, -0.25) is 0 Å². The summed E-state index contributed by atoms with van der Waals surface area (Å²) in [6.45, 7) is 3.71. The molecule has 112 valence electrons. The van der Waals surface area contributed by atoms with Gasteiger partial charge in [-0.1, -0.05) is 18.2 Å². The van der Waals surface area contributed by atoms with E-state index in [1.165, 1.54) is 0 Å². The second kappa shape index (κ2) is 5.61. The van der Waals surface area contributed by atoms with Crippen LogP contribution in [-0.4, -0.2) is 46.1 Å². The highest BCUT2D eigenvalue weighted by molar-refractivity contribution is 5.86. The molecule has 1 aromatic carbocycles. The van der Waals surface area contributed by atoms with Crippen LogP contribution in [0, 0.1) is 0 Å². The van der Waals surface area contributed by atoms with E-state index in [9.17, 15) is 0 Å². The van der Waals surface area contributed by atoms with Crippen molar-refractivity contribution in [3.05, 3.63) is 36.7 Å². The summed E-state index contributed by atoms with van der Waals surface area (Å²) in [6, 6.07) is 9.97. The molecule has 0 aliphatic carbocycles. The van der Waals surface area contributed by atoms with Gasteiger partial charge in [-0.25, -0.2) is 4.98 Å². The van der Waals surface area contributed by atoms with Gasteiger partial charge in [0, 0.05) is 31.9 Å². The predicted molar refractivity (Wildman–Crippen MR) is 86.5 cm³/mol. The van der Waals surface area contributed by atoms with Crippen molar-refractivity contribution in [1.82, 2.24) is 25.3 Å². The van der Waals surface area contributed by atoms with E-state index in [4.69, 9.17) is 0 Å². The average Bonchev–Trinajstić information content (AvgIpc) is 3.05. The summed E-state index contributed by atoms with van der Waals surface area (Å²) >= 11 is 0. The second-order valence-electron chi connectivity index (χ2n) is 5.20. The maximum atomic E-state index is 4.69. The summed E-state index contributed by atoms with van der Waals surface area (Å²) in [7, 11) is 0. The number of piperazine rings is 1. The molecule has 1 fully saturated rings. The van der Waals surface area contributed by atoms with Crippen LogP contribution in [0.3, 0.4) is 0 Å². The van der Waals surface area contributed by atoms with Crippen LogP contribution in [0.25, 0.3) is 11.2 Å². The molecule has 0 spiro atoms. The highest BCUT2D eigenvalue weighted by Crippen LogP contribution is 2.24. The van der Waals surface area contributed by atoms with Gasteiger partial charge < -0.3 is 20.5 Å². The predicted octanol–water partition coefficient (Wildman–Crippen LogP) is 1.51. The number of H-pyrrole nitrogens is 1. The number of nitrogens with one attached hydrogen (secondary N) is 3. The summed E-state index contributed by atoms with van der Waals surface area (Å²) in [4.78, 5) is 18.9. The Bertz CT molecular complexity index is 762. The summed E-state index contributed by atoms with van der Waals surface area (Å²) in [5.74, 6) is 1.46. The minimum Gasteiger partial charge on any atom is -0.338 e. The average molecular weight is 295 g/mol. The topological polar surface area (TPSA) is 81.8 Å². The van der Waals surface area contributed by atoms with Crippen LogP contribution in [0.2, 0.25) is 0 Å². The van der Waals surface area contributed by atoms with E-state index in [-0.39, 0.29) is 0 Å². The molecule has 3 heterocycles. The largest absolute Gasteiger partial charge is 0.338 e. The van der Waals surface area contributed by atoms with Crippen LogP contribution in [-0.2, 0) is 0 Å². The Balaban J connectivity index is 1.73. The lowest BCUT2D eigenvalue weighted by Crippen LogP contribution is -2.44. The number of fused-ring (bicyclic) bond motifs is 1. The number of aromatic nitrogens is 4. The van der Waals surface area contributed by atoms with Gasteiger partial charge in [0.25, 0.3) is 0 Å². The molecule has 1 aliphatic rings. The number of rotatable bonds is 3. The molecule has 4 rings (SSSR count). The van der Waals surface area contributed by atoms with Crippen molar-refractivity contribution in [2.75, 3.05) is 36.4 Å². The number of hydrogen-bond acceptors (Lipinski definition) is 6. The molecule has 0 amide bonds. The lowest BCUT2D eigenvalue weighted by atomic mass is 10.3. The summed E-state index contributed by atoms with van der Waals surface area (Å²) in [5.41, 5.74) is 2.49. The molecule has 0 radical (unpaired) electrons. The van der Waals surface area contributed by atoms with Crippen molar-refractivity contribution in [3.8, 4) is 0 Å². The smallest absolute Gasteiger partial charge is 0.229 e. The molecule has 0 saturated carbocycles. The normalized spacial score (nSPS) is 15.2. The Labute approximate surface area is 127 Å². The molecule has 7 heteroatoms. The van der Waals surface area contributed by atoms with E-state index in [1.54, 1.807) is 6.33 Å². The van der Waals surface area contributed by atoms with Gasteiger partial charge in [0.2, 0.25) is 5.95 Å². The minimum absolute atomic E-state index is 0.728. The third kappa shape index (κ3) is 2.46. The van der Waals surface area contributed by atoms with Gasteiger partial charge in [0.15, 0.2) is 17.0 Å². The third-order valence-electron chi connectivity index (χ3n) is 3.70. The molecule has 3 aromatic rings. The van der Waals surface area contributed by atoms with Crippen molar-refractivity contribution in [1.29, 1.82) is 0 Å². The van der Waals surface area contributed by atoms with Crippen molar-refractivity contribution >= 4 is 28.6 Å². The van der Waals surface area contributed by atoms with E-state index >= 15 is 0 Å². The van der Waals surface area contributed by atoms with Gasteiger partial charge in [-0.2, -0.15) is 9.97 Å². The molecule has 1 saturated heterocycles. The van der Waals surface area contributed by atoms with Crippen LogP contribution < -0.4 is 15.5 Å². The van der Waals surface area contributed by atoms with Gasteiger partial charge in [-0.15, -0.1) is 0 Å². The van der Waals surface area contributed by atoms with Crippen molar-refractivity contribution in [3.63, 3.8) is 0 Å². The maximum Gasteiger partial charge on any atom is 0.229 e. The van der Waals surface area contributed by atoms with Gasteiger partial charge in [0.1, 0.15) is 0 Å². The quantitative estimate of drug-likeness (QED) is 0.679. The molecule has 0 atom stereocenters. The van der Waals surface area contributed by atoms with Gasteiger partial charge in [0.05, 0.1) is 6.33 Å². The Morgan fingerprint density at radius 2 is 1.86 bits per heavy atom. The van der Waals surface area contributed by atoms with E-state index in [1.807, 2.05) is 30.3 Å². The lowest BCUT2D eigenvalue weighted by molar-refractivity contribution is 0.580. The van der Waals surface area contributed by atoms with Gasteiger partial charge in [-0.05, 0) is 12.1 Å². The number of nitrogens with zero attached hydrogens (tertiary/aromatic N) is 4. The first kappa shape index (κ1) is 13.0. The molecular weight excluding hydrogens is 278 g/mol. The van der Waals surface area contributed by atoms with Crippen molar-refractivity contribution < 1.29 is 0 Å². The molecule has 22 heavy (non-hydrogen) atoms. The molecule has 0 bridgehead atoms. The van der Waals surface area contributed by atoms with Crippen LogP contribution >= 0.6 is 0 Å². The van der Waals surface area contributed by atoms with E-state index in [0.29, 0.717) is 0 Å². The zero-order valence-corrected chi connectivity index (χ0v) is 12.1. The van der Waals surface area contributed by atoms with Gasteiger partial charge >= 0.3 is 0 Å². The first-order valence-corrected chi connectivity index (χ1v) is 7.39. The fraction of sp³-hybridized carbons (Fsp3) is 0.267. The number of imidazole rings is 1. The molecule has 3 N–H and O–H groups in total. The zero-order chi connectivity index (χ0) is 14.8. The Morgan fingerprint density at radius 1 is 1.05 bits per heavy atom. The standard InChI is InChI=1S/C15H17N7/c1-2-4-11(5-3-1)19-14-12-13(18-10-17-12)20-15(21-14)22-8-6-16-7-9-22/h1-5,10,16H,6-9H2,(H2,17,18,19,20,21). The number of hydrogen-bond donors (Lipinski definition) is 3. The monoisotopic (exact) mass is 295 g/mol. The maximum absolute atomic E-state index is 4.69. The zero-order valence-electron chi connectivity index (χ0n) is 12.1. The van der Waals surface area contributed by atoms with Crippen molar-refractivity contribution in [2.24, 2.45) is 0 Å². The Hall–Kier alpha value is -2.67. The molecular formula is C15H17N7. The number of anilines is 3. The Kier molecular flexibility index (Phi) is 3.32. The highest BCUT2D eigenvalue weighted by atomic mass is 15.3. The number of aromatic amines is 1. The second-order valence-corrected chi connectivity index (χ2v) is 5.20. The molecule has 1 aliphatic heterocycles. The summed E-state index contributed by atoms with van der Waals surface area (Å²) < 4.78 is 0. The minimum atomic E-state index is 0.728. The molecule has 2 aromatic heterocycles. The lowest BCUT2D eigenvalue weighted by Gasteiger charge is -2.27.